The molecule has 1 fully saturated rings. The van der Waals surface area contributed by atoms with Crippen molar-refractivity contribution in [1.82, 2.24) is 20.2 Å². The lowest BCUT2D eigenvalue weighted by Gasteiger charge is -2.25. The summed E-state index contributed by atoms with van der Waals surface area (Å²) in [5.41, 5.74) is 0.358. The molecule has 2 heterocycles. The summed E-state index contributed by atoms with van der Waals surface area (Å²) in [4.78, 5) is 44.5. The van der Waals surface area contributed by atoms with E-state index in [9.17, 15) is 14.4 Å². The van der Waals surface area contributed by atoms with Gasteiger partial charge < -0.3 is 0 Å². The van der Waals surface area contributed by atoms with Gasteiger partial charge in [0.2, 0.25) is 0 Å². The first-order valence-electron chi connectivity index (χ1n) is 5.92. The van der Waals surface area contributed by atoms with Crippen molar-refractivity contribution in [3.05, 3.63) is 36.2 Å². The number of thioether (sulfide) groups is 1. The molecule has 0 aliphatic carbocycles. The SMILES string of the molecule is C=CCN1C(=O)NC(=O)/C(=C\c2cnc(SC)nc2)C1=O. The van der Waals surface area contributed by atoms with E-state index in [0.717, 1.165) is 4.90 Å². The van der Waals surface area contributed by atoms with Crippen molar-refractivity contribution < 1.29 is 14.4 Å². The van der Waals surface area contributed by atoms with Gasteiger partial charge in [-0.25, -0.2) is 14.8 Å². The smallest absolute Gasteiger partial charge is 0.273 e. The molecule has 1 N–H and O–H groups in total. The van der Waals surface area contributed by atoms with E-state index in [0.29, 0.717) is 10.7 Å². The molecule has 4 amide bonds. The minimum atomic E-state index is -0.754. The van der Waals surface area contributed by atoms with Crippen molar-refractivity contribution in [2.75, 3.05) is 12.8 Å². The Morgan fingerprint density at radius 1 is 1.33 bits per heavy atom. The summed E-state index contributed by atoms with van der Waals surface area (Å²) < 4.78 is 0. The lowest BCUT2D eigenvalue weighted by molar-refractivity contribution is -0.129. The summed E-state index contributed by atoms with van der Waals surface area (Å²) >= 11 is 1.38. The largest absolute Gasteiger partial charge is 0.331 e. The van der Waals surface area contributed by atoms with Gasteiger partial charge in [0.15, 0.2) is 5.16 Å². The second-order valence-corrected chi connectivity index (χ2v) is 4.80. The van der Waals surface area contributed by atoms with Crippen molar-refractivity contribution in [3.63, 3.8) is 0 Å². The van der Waals surface area contributed by atoms with Gasteiger partial charge >= 0.3 is 6.03 Å². The van der Waals surface area contributed by atoms with E-state index in [4.69, 9.17) is 0 Å². The third-order valence-corrected chi connectivity index (χ3v) is 3.22. The number of nitrogens with zero attached hydrogens (tertiary/aromatic N) is 3. The van der Waals surface area contributed by atoms with Gasteiger partial charge in [0, 0.05) is 24.5 Å². The molecule has 7 nitrogen and oxygen atoms in total. The first kappa shape index (κ1) is 14.9. The Kier molecular flexibility index (Phi) is 4.49. The standard InChI is InChI=1S/C13H12N4O3S/c1-3-4-17-11(19)9(10(18)16-13(17)20)5-8-6-14-12(21-2)15-7-8/h3,5-7H,1,4H2,2H3,(H,16,18,20)/b9-5+. The van der Waals surface area contributed by atoms with Gasteiger partial charge in [-0.1, -0.05) is 17.8 Å². The second-order valence-electron chi connectivity index (χ2n) is 4.02. The Labute approximate surface area is 125 Å². The summed E-state index contributed by atoms with van der Waals surface area (Å²) in [6, 6.07) is -0.754. The van der Waals surface area contributed by atoms with Crippen molar-refractivity contribution in [1.29, 1.82) is 0 Å². The monoisotopic (exact) mass is 304 g/mol. The zero-order chi connectivity index (χ0) is 15.4. The quantitative estimate of drug-likeness (QED) is 0.291. The van der Waals surface area contributed by atoms with Crippen molar-refractivity contribution in [2.45, 2.75) is 5.16 Å². The minimum absolute atomic E-state index is 0.0250. The van der Waals surface area contributed by atoms with Gasteiger partial charge in [-0.05, 0) is 12.3 Å². The average Bonchev–Trinajstić information content (AvgIpc) is 2.48. The topological polar surface area (TPSA) is 92.3 Å². The molecule has 0 bridgehead atoms. The fourth-order valence-corrected chi connectivity index (χ4v) is 1.98. The Hall–Kier alpha value is -2.48. The number of barbiturate groups is 1. The number of hydrogen-bond donors (Lipinski definition) is 1. The molecule has 21 heavy (non-hydrogen) atoms. The van der Waals surface area contributed by atoms with Gasteiger partial charge in [0.1, 0.15) is 5.57 Å². The Morgan fingerprint density at radius 2 is 2.00 bits per heavy atom. The first-order chi connectivity index (χ1) is 10.1. The number of imide groups is 2. The summed E-state index contributed by atoms with van der Waals surface area (Å²) in [5.74, 6) is -1.41. The van der Waals surface area contributed by atoms with E-state index < -0.39 is 17.8 Å². The number of nitrogens with one attached hydrogen (secondary N) is 1. The molecule has 1 aromatic rings. The number of urea groups is 1. The molecule has 8 heteroatoms. The molecular weight excluding hydrogens is 292 g/mol. The van der Waals surface area contributed by atoms with Crippen LogP contribution < -0.4 is 5.32 Å². The molecular formula is C13H12N4O3S. The van der Waals surface area contributed by atoms with Crippen LogP contribution in [0.25, 0.3) is 6.08 Å². The predicted octanol–water partition coefficient (Wildman–Crippen LogP) is 0.846. The maximum Gasteiger partial charge on any atom is 0.331 e. The molecule has 0 aromatic carbocycles. The molecule has 0 saturated carbocycles. The van der Waals surface area contributed by atoms with E-state index in [-0.39, 0.29) is 12.1 Å². The number of carbonyl (C=O) groups is 3. The first-order valence-corrected chi connectivity index (χ1v) is 7.15. The predicted molar refractivity (Wildman–Crippen MR) is 77.2 cm³/mol. The van der Waals surface area contributed by atoms with E-state index in [1.807, 2.05) is 6.26 Å². The van der Waals surface area contributed by atoms with Crippen molar-refractivity contribution in [3.8, 4) is 0 Å². The Morgan fingerprint density at radius 3 is 2.57 bits per heavy atom. The minimum Gasteiger partial charge on any atom is -0.273 e. The zero-order valence-corrected chi connectivity index (χ0v) is 12.0. The summed E-state index contributed by atoms with van der Waals surface area (Å²) in [7, 11) is 0. The Bertz CT molecular complexity index is 639. The van der Waals surface area contributed by atoms with Gasteiger partial charge in [-0.15, -0.1) is 6.58 Å². The van der Waals surface area contributed by atoms with Crippen LogP contribution in [0.2, 0.25) is 0 Å². The normalized spacial score (nSPS) is 17.1. The number of carbonyl (C=O) groups excluding carboxylic acids is 3. The van der Waals surface area contributed by atoms with E-state index in [1.165, 1.54) is 36.3 Å². The second kappa shape index (κ2) is 6.31. The Balaban J connectivity index is 2.32. The highest BCUT2D eigenvalue weighted by atomic mass is 32.2. The number of hydrogen-bond acceptors (Lipinski definition) is 6. The molecule has 1 aromatic heterocycles. The molecule has 1 aliphatic heterocycles. The number of amides is 4. The van der Waals surface area contributed by atoms with Crippen LogP contribution in [-0.4, -0.2) is 45.5 Å². The van der Waals surface area contributed by atoms with Crippen LogP contribution in [0.15, 0.2) is 35.8 Å². The fraction of sp³-hybridized carbons (Fsp3) is 0.154. The maximum absolute atomic E-state index is 12.1. The van der Waals surface area contributed by atoms with Crippen molar-refractivity contribution in [2.24, 2.45) is 0 Å². The highest BCUT2D eigenvalue weighted by Crippen LogP contribution is 2.14. The molecule has 0 atom stereocenters. The summed E-state index contributed by atoms with van der Waals surface area (Å²) in [6.45, 7) is 3.50. The highest BCUT2D eigenvalue weighted by Gasteiger charge is 2.34. The average molecular weight is 304 g/mol. The fourth-order valence-electron chi connectivity index (χ4n) is 1.66. The van der Waals surface area contributed by atoms with Gasteiger partial charge in [0.05, 0.1) is 0 Å². The summed E-state index contributed by atoms with van der Waals surface area (Å²) in [5, 5.41) is 2.69. The lowest BCUT2D eigenvalue weighted by atomic mass is 10.1. The van der Waals surface area contributed by atoms with Gasteiger partial charge in [-0.2, -0.15) is 0 Å². The molecule has 108 valence electrons. The third-order valence-electron chi connectivity index (χ3n) is 2.64. The van der Waals surface area contributed by atoms with Crippen LogP contribution in [-0.2, 0) is 9.59 Å². The molecule has 1 saturated heterocycles. The molecule has 0 unspecified atom stereocenters. The number of rotatable bonds is 4. The molecule has 2 rings (SSSR count). The van der Waals surface area contributed by atoms with Crippen LogP contribution in [0, 0.1) is 0 Å². The van der Waals surface area contributed by atoms with Crippen LogP contribution in [0.3, 0.4) is 0 Å². The van der Waals surface area contributed by atoms with Crippen LogP contribution in [0.5, 0.6) is 0 Å². The number of aromatic nitrogens is 2. The maximum atomic E-state index is 12.1. The van der Waals surface area contributed by atoms with Crippen LogP contribution in [0.4, 0.5) is 4.79 Å². The molecule has 0 radical (unpaired) electrons. The zero-order valence-electron chi connectivity index (χ0n) is 11.2. The van der Waals surface area contributed by atoms with E-state index >= 15 is 0 Å². The van der Waals surface area contributed by atoms with Gasteiger partial charge in [-0.3, -0.25) is 19.8 Å². The summed E-state index contributed by atoms with van der Waals surface area (Å²) in [6.07, 6.45) is 7.59. The third kappa shape index (κ3) is 3.16. The van der Waals surface area contributed by atoms with Crippen molar-refractivity contribution >= 4 is 35.7 Å². The van der Waals surface area contributed by atoms with Crippen LogP contribution in [0.1, 0.15) is 5.56 Å². The molecule has 0 spiro atoms. The molecule has 1 aliphatic rings. The van der Waals surface area contributed by atoms with Gasteiger partial charge in [0.25, 0.3) is 11.8 Å². The van der Waals surface area contributed by atoms with E-state index in [1.54, 1.807) is 0 Å². The highest BCUT2D eigenvalue weighted by molar-refractivity contribution is 7.98. The lowest BCUT2D eigenvalue weighted by Crippen LogP contribution is -2.54. The van der Waals surface area contributed by atoms with Crippen LogP contribution >= 0.6 is 11.8 Å². The van der Waals surface area contributed by atoms with E-state index in [2.05, 4.69) is 21.9 Å².